The van der Waals surface area contributed by atoms with Crippen LogP contribution in [0.4, 0.5) is 10.5 Å². The van der Waals surface area contributed by atoms with Crippen LogP contribution in [0, 0.1) is 24.0 Å². The number of nitrogens with zero attached hydrogens (tertiary/aromatic N) is 1. The number of alkyl carbamates (subject to hydrolysis) is 1. The molecule has 0 unspecified atom stereocenters. The fraction of sp³-hybridized carbons (Fsp3) is 0.438. The molecule has 0 saturated heterocycles. The number of ether oxygens (including phenoxy) is 1. The van der Waals surface area contributed by atoms with E-state index in [1.54, 1.807) is 45.9 Å². The van der Waals surface area contributed by atoms with E-state index >= 15 is 0 Å². The summed E-state index contributed by atoms with van der Waals surface area (Å²) in [4.78, 5) is 22.0. The van der Waals surface area contributed by atoms with Crippen LogP contribution in [-0.4, -0.2) is 23.2 Å². The number of benzene rings is 1. The third-order valence-corrected chi connectivity index (χ3v) is 2.84. The highest BCUT2D eigenvalue weighted by Gasteiger charge is 2.15. The van der Waals surface area contributed by atoms with Gasteiger partial charge in [0.25, 0.3) is 5.69 Å². The average molecular weight is 306 g/mol. The highest BCUT2D eigenvalue weighted by molar-refractivity contribution is 5.68. The maximum atomic E-state index is 11.5. The maximum absolute atomic E-state index is 11.5. The number of carbonyl (C=O) groups excluding carboxylic acids is 1. The van der Waals surface area contributed by atoms with Gasteiger partial charge < -0.3 is 10.1 Å². The molecule has 0 bridgehead atoms. The van der Waals surface area contributed by atoms with Gasteiger partial charge in [0.1, 0.15) is 5.60 Å². The van der Waals surface area contributed by atoms with Gasteiger partial charge in [-0.2, -0.15) is 0 Å². The van der Waals surface area contributed by atoms with Crippen molar-refractivity contribution in [1.82, 2.24) is 5.32 Å². The van der Waals surface area contributed by atoms with Crippen molar-refractivity contribution in [3.05, 3.63) is 45.0 Å². The molecule has 1 rings (SSSR count). The largest absolute Gasteiger partial charge is 0.444 e. The topological polar surface area (TPSA) is 81.5 Å². The Balaban J connectivity index is 2.69. The molecule has 6 heteroatoms. The third kappa shape index (κ3) is 5.55. The van der Waals surface area contributed by atoms with Crippen molar-refractivity contribution >= 4 is 17.9 Å². The number of nitro benzene ring substituents is 1. The second-order valence-electron chi connectivity index (χ2n) is 6.04. The molecular formula is C16H22N2O4. The molecule has 22 heavy (non-hydrogen) atoms. The highest BCUT2D eigenvalue weighted by atomic mass is 16.6. The zero-order valence-corrected chi connectivity index (χ0v) is 13.6. The number of nitrogens with one attached hydrogen (secondary N) is 1. The lowest BCUT2D eigenvalue weighted by Gasteiger charge is -2.19. The number of nitro groups is 1. The van der Waals surface area contributed by atoms with Crippen LogP contribution in [-0.2, 0) is 4.74 Å². The van der Waals surface area contributed by atoms with Crippen LogP contribution in [0.25, 0.3) is 6.08 Å². The molecular weight excluding hydrogens is 284 g/mol. The lowest BCUT2D eigenvalue weighted by molar-refractivity contribution is -0.385. The molecule has 120 valence electrons. The van der Waals surface area contributed by atoms with Crippen molar-refractivity contribution in [2.24, 2.45) is 0 Å². The lowest BCUT2D eigenvalue weighted by Crippen LogP contribution is -2.32. The van der Waals surface area contributed by atoms with Crippen LogP contribution in [0.3, 0.4) is 0 Å². The predicted octanol–water partition coefficient (Wildman–Crippen LogP) is 3.75. The van der Waals surface area contributed by atoms with Gasteiger partial charge in [-0.3, -0.25) is 10.1 Å². The summed E-state index contributed by atoms with van der Waals surface area (Å²) in [5, 5.41) is 13.5. The summed E-state index contributed by atoms with van der Waals surface area (Å²) in [6.07, 6.45) is 2.98. The first-order valence-corrected chi connectivity index (χ1v) is 6.99. The molecule has 0 saturated carbocycles. The van der Waals surface area contributed by atoms with Crippen molar-refractivity contribution in [1.29, 1.82) is 0 Å². The normalized spacial score (nSPS) is 11.5. The first kappa shape index (κ1) is 17.7. The molecule has 0 radical (unpaired) electrons. The molecule has 1 amide bonds. The van der Waals surface area contributed by atoms with Crippen molar-refractivity contribution in [3.8, 4) is 0 Å². The summed E-state index contributed by atoms with van der Waals surface area (Å²) in [5.74, 6) is 0. The van der Waals surface area contributed by atoms with E-state index in [0.29, 0.717) is 5.56 Å². The Bertz CT molecular complexity index is 601. The summed E-state index contributed by atoms with van der Waals surface area (Å²) in [5.41, 5.74) is 1.87. The van der Waals surface area contributed by atoms with E-state index in [-0.39, 0.29) is 12.2 Å². The monoisotopic (exact) mass is 306 g/mol. The van der Waals surface area contributed by atoms with Gasteiger partial charge in [-0.25, -0.2) is 4.79 Å². The first-order chi connectivity index (χ1) is 10.1. The fourth-order valence-corrected chi connectivity index (χ4v) is 1.88. The van der Waals surface area contributed by atoms with E-state index in [9.17, 15) is 14.9 Å². The van der Waals surface area contributed by atoms with Crippen molar-refractivity contribution < 1.29 is 14.5 Å². The Kier molecular flexibility index (Phi) is 5.68. The van der Waals surface area contributed by atoms with Gasteiger partial charge in [-0.05, 0) is 51.8 Å². The van der Waals surface area contributed by atoms with E-state index < -0.39 is 16.6 Å². The summed E-state index contributed by atoms with van der Waals surface area (Å²) < 4.78 is 5.11. The molecule has 0 aliphatic heterocycles. The second kappa shape index (κ2) is 7.06. The highest BCUT2D eigenvalue weighted by Crippen LogP contribution is 2.23. The van der Waals surface area contributed by atoms with Crippen molar-refractivity contribution in [2.75, 3.05) is 6.54 Å². The lowest BCUT2D eigenvalue weighted by atomic mass is 10.0. The van der Waals surface area contributed by atoms with Crippen molar-refractivity contribution in [3.63, 3.8) is 0 Å². The zero-order chi connectivity index (χ0) is 16.9. The van der Waals surface area contributed by atoms with Crippen LogP contribution in [0.1, 0.15) is 37.5 Å². The Morgan fingerprint density at radius 3 is 2.50 bits per heavy atom. The van der Waals surface area contributed by atoms with E-state index in [0.717, 1.165) is 11.1 Å². The summed E-state index contributed by atoms with van der Waals surface area (Å²) in [6, 6.07) is 3.31. The number of amides is 1. The average Bonchev–Trinajstić information content (AvgIpc) is 2.33. The van der Waals surface area contributed by atoms with Gasteiger partial charge in [0.05, 0.1) is 4.92 Å². The van der Waals surface area contributed by atoms with Gasteiger partial charge >= 0.3 is 6.09 Å². The molecule has 6 nitrogen and oxygen atoms in total. The minimum Gasteiger partial charge on any atom is -0.444 e. The van der Waals surface area contributed by atoms with Crippen molar-refractivity contribution in [2.45, 2.75) is 40.2 Å². The molecule has 0 aromatic heterocycles. The Hall–Kier alpha value is -2.37. The minimum atomic E-state index is -0.540. The molecule has 0 fully saturated rings. The summed E-state index contributed by atoms with van der Waals surface area (Å²) in [6.45, 7) is 9.25. The number of rotatable bonds is 4. The zero-order valence-electron chi connectivity index (χ0n) is 13.6. The number of carbonyl (C=O) groups is 1. The molecule has 0 heterocycles. The minimum absolute atomic E-state index is 0.0883. The van der Waals surface area contributed by atoms with Crippen LogP contribution < -0.4 is 5.32 Å². The van der Waals surface area contributed by atoms with Crippen LogP contribution in [0.15, 0.2) is 18.2 Å². The third-order valence-electron chi connectivity index (χ3n) is 2.84. The molecule has 0 atom stereocenters. The van der Waals surface area contributed by atoms with Crippen LogP contribution >= 0.6 is 0 Å². The SMILES string of the molecule is Cc1cc(C)c([N+](=O)[O-])cc1C=CCNC(=O)OC(C)(C)C. The molecule has 0 aliphatic carbocycles. The van der Waals surface area contributed by atoms with Gasteiger partial charge in [0, 0.05) is 18.2 Å². The summed E-state index contributed by atoms with van der Waals surface area (Å²) in [7, 11) is 0. The number of aryl methyl sites for hydroxylation is 2. The smallest absolute Gasteiger partial charge is 0.407 e. The number of hydrogen-bond donors (Lipinski definition) is 1. The molecule has 1 aromatic carbocycles. The van der Waals surface area contributed by atoms with E-state index in [1.165, 1.54) is 6.07 Å². The van der Waals surface area contributed by atoms with E-state index in [2.05, 4.69) is 5.32 Å². The first-order valence-electron chi connectivity index (χ1n) is 6.99. The molecule has 0 aliphatic rings. The second-order valence-corrected chi connectivity index (χ2v) is 6.04. The Morgan fingerprint density at radius 2 is 1.95 bits per heavy atom. The van der Waals surface area contributed by atoms with Gasteiger partial charge in [-0.15, -0.1) is 0 Å². The van der Waals surface area contributed by atoms with Gasteiger partial charge in [-0.1, -0.05) is 12.2 Å². The van der Waals surface area contributed by atoms with Gasteiger partial charge in [0.2, 0.25) is 0 Å². The molecule has 1 N–H and O–H groups in total. The predicted molar refractivity (Wildman–Crippen MR) is 85.8 cm³/mol. The molecule has 0 spiro atoms. The quantitative estimate of drug-likeness (QED) is 0.678. The van der Waals surface area contributed by atoms with Crippen LogP contribution in [0.2, 0.25) is 0 Å². The maximum Gasteiger partial charge on any atom is 0.407 e. The van der Waals surface area contributed by atoms with E-state index in [4.69, 9.17) is 4.74 Å². The van der Waals surface area contributed by atoms with E-state index in [1.807, 2.05) is 6.92 Å². The summed E-state index contributed by atoms with van der Waals surface area (Å²) >= 11 is 0. The van der Waals surface area contributed by atoms with Gasteiger partial charge in [0.15, 0.2) is 0 Å². The Labute approximate surface area is 130 Å². The molecule has 1 aromatic rings. The Morgan fingerprint density at radius 1 is 1.32 bits per heavy atom. The standard InChI is InChI=1S/C16H22N2O4/c1-11-9-12(2)14(18(20)21)10-13(11)7-6-8-17-15(19)22-16(3,4)5/h6-7,9-10H,8H2,1-5H3,(H,17,19). The number of hydrogen-bond acceptors (Lipinski definition) is 4. The fourth-order valence-electron chi connectivity index (χ4n) is 1.88. The van der Waals surface area contributed by atoms with Crippen LogP contribution in [0.5, 0.6) is 0 Å².